The zero-order valence-electron chi connectivity index (χ0n) is 9.65. The van der Waals surface area contributed by atoms with Gasteiger partial charge in [-0.25, -0.2) is 4.98 Å². The Hall–Kier alpha value is -0.870. The number of imidazole rings is 1. The van der Waals surface area contributed by atoms with Gasteiger partial charge in [0.1, 0.15) is 0 Å². The van der Waals surface area contributed by atoms with Gasteiger partial charge in [-0.1, -0.05) is 0 Å². The molecule has 86 valence electrons. The van der Waals surface area contributed by atoms with Crippen LogP contribution in [0.3, 0.4) is 0 Å². The fourth-order valence-electron chi connectivity index (χ4n) is 1.38. The van der Waals surface area contributed by atoms with E-state index in [2.05, 4.69) is 21.8 Å². The largest absolute Gasteiger partial charge is 0.380 e. The predicted octanol–water partition coefficient (Wildman–Crippen LogP) is 1.29. The highest BCUT2D eigenvalue weighted by atomic mass is 16.5. The van der Waals surface area contributed by atoms with Crippen molar-refractivity contribution in [1.29, 1.82) is 0 Å². The molecule has 4 heteroatoms. The molecule has 0 fully saturated rings. The maximum atomic E-state index is 5.32. The molecule has 1 unspecified atom stereocenters. The lowest BCUT2D eigenvalue weighted by Crippen LogP contribution is -2.31. The summed E-state index contributed by atoms with van der Waals surface area (Å²) in [6.07, 6.45) is 6.77. The molecule has 0 saturated heterocycles. The van der Waals surface area contributed by atoms with E-state index in [9.17, 15) is 0 Å². The predicted molar refractivity (Wildman–Crippen MR) is 60.8 cm³/mol. The SMILES string of the molecule is CCOCC(C)NCCCn1ccnc1. The molecule has 0 radical (unpaired) electrons. The Bertz CT molecular complexity index is 236. The Morgan fingerprint density at radius 3 is 3.07 bits per heavy atom. The van der Waals surface area contributed by atoms with E-state index in [-0.39, 0.29) is 0 Å². The molecule has 0 aliphatic rings. The van der Waals surface area contributed by atoms with E-state index >= 15 is 0 Å². The van der Waals surface area contributed by atoms with E-state index in [0.717, 1.165) is 32.7 Å². The van der Waals surface area contributed by atoms with Gasteiger partial charge in [0.05, 0.1) is 12.9 Å². The molecule has 0 amide bonds. The molecule has 4 nitrogen and oxygen atoms in total. The van der Waals surface area contributed by atoms with Crippen molar-refractivity contribution in [2.45, 2.75) is 32.9 Å². The standard InChI is InChI=1S/C11H21N3O/c1-3-15-9-11(2)13-5-4-7-14-8-6-12-10-14/h6,8,10-11,13H,3-5,7,9H2,1-2H3. The van der Waals surface area contributed by atoms with Crippen LogP contribution < -0.4 is 5.32 Å². The van der Waals surface area contributed by atoms with Crippen molar-refractivity contribution < 1.29 is 4.74 Å². The Labute approximate surface area is 91.7 Å². The van der Waals surface area contributed by atoms with Crippen molar-refractivity contribution in [2.24, 2.45) is 0 Å². The van der Waals surface area contributed by atoms with Gasteiger partial charge in [-0.15, -0.1) is 0 Å². The normalized spacial score (nSPS) is 12.9. The van der Waals surface area contributed by atoms with Crippen LogP contribution in [0.1, 0.15) is 20.3 Å². The molecular formula is C11H21N3O. The smallest absolute Gasteiger partial charge is 0.0945 e. The number of aryl methyl sites for hydroxylation is 1. The summed E-state index contributed by atoms with van der Waals surface area (Å²) in [5, 5.41) is 3.42. The number of aromatic nitrogens is 2. The second-order valence-electron chi connectivity index (χ2n) is 3.67. The summed E-state index contributed by atoms with van der Waals surface area (Å²) >= 11 is 0. The van der Waals surface area contributed by atoms with Gasteiger partial charge in [0.2, 0.25) is 0 Å². The maximum absolute atomic E-state index is 5.32. The summed E-state index contributed by atoms with van der Waals surface area (Å²) in [4.78, 5) is 4.00. The molecule has 1 N–H and O–H groups in total. The first-order chi connectivity index (χ1) is 7.33. The Kier molecular flexibility index (Phi) is 6.04. The number of nitrogens with one attached hydrogen (secondary N) is 1. The zero-order valence-corrected chi connectivity index (χ0v) is 9.65. The first-order valence-corrected chi connectivity index (χ1v) is 5.59. The van der Waals surface area contributed by atoms with E-state index in [1.807, 2.05) is 25.6 Å². The van der Waals surface area contributed by atoms with E-state index < -0.39 is 0 Å². The van der Waals surface area contributed by atoms with Gasteiger partial charge in [-0.3, -0.25) is 0 Å². The molecule has 1 rings (SSSR count). The van der Waals surface area contributed by atoms with Crippen LogP contribution in [0, 0.1) is 0 Å². The molecule has 0 aliphatic heterocycles. The summed E-state index contributed by atoms with van der Waals surface area (Å²) in [5.41, 5.74) is 0. The molecule has 1 atom stereocenters. The van der Waals surface area contributed by atoms with Crippen LogP contribution >= 0.6 is 0 Å². The molecule has 1 heterocycles. The lowest BCUT2D eigenvalue weighted by atomic mass is 10.3. The molecule has 1 aromatic heterocycles. The molecule has 15 heavy (non-hydrogen) atoms. The fourth-order valence-corrected chi connectivity index (χ4v) is 1.38. The quantitative estimate of drug-likeness (QED) is 0.659. The third-order valence-electron chi connectivity index (χ3n) is 2.22. The molecular weight excluding hydrogens is 190 g/mol. The van der Waals surface area contributed by atoms with Gasteiger partial charge in [-0.05, 0) is 26.8 Å². The average molecular weight is 211 g/mol. The Morgan fingerprint density at radius 2 is 2.40 bits per heavy atom. The summed E-state index contributed by atoms with van der Waals surface area (Å²) in [6, 6.07) is 0.438. The van der Waals surface area contributed by atoms with Gasteiger partial charge >= 0.3 is 0 Å². The first kappa shape index (κ1) is 12.2. The summed E-state index contributed by atoms with van der Waals surface area (Å²) in [7, 11) is 0. The van der Waals surface area contributed by atoms with Gasteiger partial charge in [0.25, 0.3) is 0 Å². The lowest BCUT2D eigenvalue weighted by Gasteiger charge is -2.13. The third kappa shape index (κ3) is 5.54. The summed E-state index contributed by atoms with van der Waals surface area (Å²) in [6.45, 7) is 7.79. The van der Waals surface area contributed by atoms with Crippen molar-refractivity contribution in [1.82, 2.24) is 14.9 Å². The van der Waals surface area contributed by atoms with Crippen molar-refractivity contribution >= 4 is 0 Å². The monoisotopic (exact) mass is 211 g/mol. The molecule has 0 saturated carbocycles. The van der Waals surface area contributed by atoms with Crippen molar-refractivity contribution in [3.05, 3.63) is 18.7 Å². The molecule has 0 bridgehead atoms. The van der Waals surface area contributed by atoms with Crippen LogP contribution in [0.5, 0.6) is 0 Å². The van der Waals surface area contributed by atoms with Gasteiger partial charge in [-0.2, -0.15) is 0 Å². The second-order valence-corrected chi connectivity index (χ2v) is 3.67. The summed E-state index contributed by atoms with van der Waals surface area (Å²) < 4.78 is 7.41. The van der Waals surface area contributed by atoms with Crippen molar-refractivity contribution in [3.63, 3.8) is 0 Å². The number of hydrogen-bond acceptors (Lipinski definition) is 3. The minimum Gasteiger partial charge on any atom is -0.380 e. The molecule has 0 aromatic carbocycles. The van der Waals surface area contributed by atoms with Crippen LogP contribution in [-0.4, -0.2) is 35.4 Å². The topological polar surface area (TPSA) is 39.1 Å². The number of ether oxygens (including phenoxy) is 1. The summed E-state index contributed by atoms with van der Waals surface area (Å²) in [5.74, 6) is 0. The minimum absolute atomic E-state index is 0.438. The molecule has 0 spiro atoms. The number of nitrogens with zero attached hydrogens (tertiary/aromatic N) is 2. The number of hydrogen-bond donors (Lipinski definition) is 1. The molecule has 0 aliphatic carbocycles. The molecule has 1 aromatic rings. The van der Waals surface area contributed by atoms with Crippen molar-refractivity contribution in [2.75, 3.05) is 19.8 Å². The maximum Gasteiger partial charge on any atom is 0.0945 e. The van der Waals surface area contributed by atoms with Crippen LogP contribution in [0.4, 0.5) is 0 Å². The fraction of sp³-hybridized carbons (Fsp3) is 0.727. The van der Waals surface area contributed by atoms with Crippen molar-refractivity contribution in [3.8, 4) is 0 Å². The lowest BCUT2D eigenvalue weighted by molar-refractivity contribution is 0.127. The van der Waals surface area contributed by atoms with E-state index in [0.29, 0.717) is 6.04 Å². The van der Waals surface area contributed by atoms with E-state index in [4.69, 9.17) is 4.74 Å². The van der Waals surface area contributed by atoms with E-state index in [1.54, 1.807) is 0 Å². The number of rotatable bonds is 8. The average Bonchev–Trinajstić information content (AvgIpc) is 2.74. The van der Waals surface area contributed by atoms with Crippen LogP contribution in [0.2, 0.25) is 0 Å². The highest BCUT2D eigenvalue weighted by Crippen LogP contribution is 1.90. The van der Waals surface area contributed by atoms with Gasteiger partial charge in [0.15, 0.2) is 0 Å². The van der Waals surface area contributed by atoms with Crippen LogP contribution in [-0.2, 0) is 11.3 Å². The van der Waals surface area contributed by atoms with Gasteiger partial charge in [0, 0.05) is 31.6 Å². The van der Waals surface area contributed by atoms with E-state index in [1.165, 1.54) is 0 Å². The second kappa shape index (κ2) is 7.43. The Morgan fingerprint density at radius 1 is 1.53 bits per heavy atom. The third-order valence-corrected chi connectivity index (χ3v) is 2.22. The Balaban J connectivity index is 1.97. The highest BCUT2D eigenvalue weighted by Gasteiger charge is 1.99. The minimum atomic E-state index is 0.438. The van der Waals surface area contributed by atoms with Crippen LogP contribution in [0.15, 0.2) is 18.7 Å². The van der Waals surface area contributed by atoms with Gasteiger partial charge < -0.3 is 14.6 Å². The zero-order chi connectivity index (χ0) is 10.9. The first-order valence-electron chi connectivity index (χ1n) is 5.59. The highest BCUT2D eigenvalue weighted by molar-refractivity contribution is 4.73. The van der Waals surface area contributed by atoms with Crippen LogP contribution in [0.25, 0.3) is 0 Å².